The highest BCUT2D eigenvalue weighted by molar-refractivity contribution is 7.13. The summed E-state index contributed by atoms with van der Waals surface area (Å²) >= 11 is 1.61. The lowest BCUT2D eigenvalue weighted by Crippen LogP contribution is -1.98. The molecule has 3 aromatic rings. The standard InChI is InChI=1S/C14H12FN3S/c1-8-5-6-19-12(8)14-17-11-4-3-9(15)7-10(11)13(16-2)18-14/h3-7H,1-2H3,(H,16,17,18). The van der Waals surface area contributed by atoms with Crippen LogP contribution in [0.5, 0.6) is 0 Å². The van der Waals surface area contributed by atoms with Gasteiger partial charge in [0.1, 0.15) is 11.6 Å². The minimum Gasteiger partial charge on any atom is -0.373 e. The second-order valence-electron chi connectivity index (χ2n) is 4.24. The number of benzene rings is 1. The topological polar surface area (TPSA) is 37.8 Å². The van der Waals surface area contributed by atoms with Crippen molar-refractivity contribution in [2.75, 3.05) is 12.4 Å². The number of aryl methyl sites for hydroxylation is 1. The van der Waals surface area contributed by atoms with Crippen molar-refractivity contribution in [3.8, 4) is 10.7 Å². The van der Waals surface area contributed by atoms with E-state index in [2.05, 4.69) is 15.3 Å². The molecule has 0 saturated heterocycles. The van der Waals surface area contributed by atoms with Crippen LogP contribution in [-0.2, 0) is 0 Å². The Hall–Kier alpha value is -2.01. The molecule has 0 amide bonds. The van der Waals surface area contributed by atoms with Crippen LogP contribution in [0.2, 0.25) is 0 Å². The highest BCUT2D eigenvalue weighted by Crippen LogP contribution is 2.30. The molecule has 0 saturated carbocycles. The molecule has 0 atom stereocenters. The predicted octanol–water partition coefficient (Wildman–Crippen LogP) is 3.85. The van der Waals surface area contributed by atoms with Gasteiger partial charge >= 0.3 is 0 Å². The van der Waals surface area contributed by atoms with Gasteiger partial charge in [-0.2, -0.15) is 0 Å². The minimum absolute atomic E-state index is 0.285. The van der Waals surface area contributed by atoms with Crippen LogP contribution in [0.1, 0.15) is 5.56 Å². The molecule has 0 spiro atoms. The first-order valence-corrected chi connectivity index (χ1v) is 6.76. The lowest BCUT2D eigenvalue weighted by Gasteiger charge is -2.07. The number of halogens is 1. The van der Waals surface area contributed by atoms with Gasteiger partial charge in [0.15, 0.2) is 5.82 Å². The van der Waals surface area contributed by atoms with E-state index >= 15 is 0 Å². The number of fused-ring (bicyclic) bond motifs is 1. The Kier molecular flexibility index (Phi) is 2.91. The van der Waals surface area contributed by atoms with Crippen molar-refractivity contribution >= 4 is 28.1 Å². The first kappa shape index (κ1) is 12.0. The van der Waals surface area contributed by atoms with Crippen LogP contribution in [-0.4, -0.2) is 17.0 Å². The summed E-state index contributed by atoms with van der Waals surface area (Å²) in [7, 11) is 1.78. The molecule has 1 aromatic carbocycles. The Morgan fingerprint density at radius 1 is 1.21 bits per heavy atom. The van der Waals surface area contributed by atoms with Crippen molar-refractivity contribution in [1.29, 1.82) is 0 Å². The average molecular weight is 273 g/mol. The Bertz CT molecular complexity index is 752. The molecule has 0 radical (unpaired) electrons. The van der Waals surface area contributed by atoms with E-state index < -0.39 is 0 Å². The van der Waals surface area contributed by atoms with Crippen molar-refractivity contribution in [3.05, 3.63) is 41.0 Å². The molecule has 3 nitrogen and oxygen atoms in total. The van der Waals surface area contributed by atoms with Crippen molar-refractivity contribution in [1.82, 2.24) is 9.97 Å². The fourth-order valence-corrected chi connectivity index (χ4v) is 2.85. The van der Waals surface area contributed by atoms with Crippen molar-refractivity contribution in [3.63, 3.8) is 0 Å². The van der Waals surface area contributed by atoms with E-state index in [4.69, 9.17) is 0 Å². The molecule has 19 heavy (non-hydrogen) atoms. The van der Waals surface area contributed by atoms with Gasteiger partial charge in [0.2, 0.25) is 0 Å². The van der Waals surface area contributed by atoms with Crippen LogP contribution < -0.4 is 5.32 Å². The zero-order chi connectivity index (χ0) is 13.4. The van der Waals surface area contributed by atoms with E-state index in [0.29, 0.717) is 17.0 Å². The van der Waals surface area contributed by atoms with E-state index in [1.165, 1.54) is 12.1 Å². The summed E-state index contributed by atoms with van der Waals surface area (Å²) in [6, 6.07) is 6.59. The molecule has 0 aliphatic carbocycles. The maximum Gasteiger partial charge on any atom is 0.172 e. The van der Waals surface area contributed by atoms with Crippen LogP contribution in [0.15, 0.2) is 29.6 Å². The quantitative estimate of drug-likeness (QED) is 0.770. The van der Waals surface area contributed by atoms with Crippen LogP contribution in [0, 0.1) is 12.7 Å². The molecule has 0 aliphatic heterocycles. The molecule has 0 fully saturated rings. The second-order valence-corrected chi connectivity index (χ2v) is 5.16. The number of nitrogens with zero attached hydrogens (tertiary/aromatic N) is 2. The van der Waals surface area contributed by atoms with Gasteiger partial charge < -0.3 is 5.32 Å². The van der Waals surface area contributed by atoms with Crippen molar-refractivity contribution in [2.45, 2.75) is 6.92 Å². The zero-order valence-electron chi connectivity index (χ0n) is 10.6. The van der Waals surface area contributed by atoms with Gasteiger partial charge in [-0.1, -0.05) is 0 Å². The molecule has 5 heteroatoms. The number of rotatable bonds is 2. The van der Waals surface area contributed by atoms with Crippen molar-refractivity contribution in [2.24, 2.45) is 0 Å². The molecule has 3 rings (SSSR count). The van der Waals surface area contributed by atoms with Gasteiger partial charge in [-0.05, 0) is 42.1 Å². The molecule has 96 valence electrons. The summed E-state index contributed by atoms with van der Waals surface area (Å²) in [5.74, 6) is 1.04. The third-order valence-corrected chi connectivity index (χ3v) is 3.97. The van der Waals surface area contributed by atoms with Crippen LogP contribution in [0.4, 0.5) is 10.2 Å². The lowest BCUT2D eigenvalue weighted by molar-refractivity contribution is 0.629. The number of aromatic nitrogens is 2. The smallest absolute Gasteiger partial charge is 0.172 e. The third-order valence-electron chi connectivity index (χ3n) is 2.96. The molecule has 2 heterocycles. The van der Waals surface area contributed by atoms with E-state index in [1.807, 2.05) is 18.4 Å². The Morgan fingerprint density at radius 3 is 2.74 bits per heavy atom. The van der Waals surface area contributed by atoms with E-state index in [0.717, 1.165) is 16.0 Å². The van der Waals surface area contributed by atoms with Gasteiger partial charge in [0, 0.05) is 12.4 Å². The first-order chi connectivity index (χ1) is 9.19. The van der Waals surface area contributed by atoms with Crippen molar-refractivity contribution < 1.29 is 4.39 Å². The third kappa shape index (κ3) is 2.06. The summed E-state index contributed by atoms with van der Waals surface area (Å²) in [5.41, 5.74) is 1.89. The van der Waals surface area contributed by atoms with Gasteiger partial charge in [-0.25, -0.2) is 14.4 Å². The van der Waals surface area contributed by atoms with Crippen LogP contribution >= 0.6 is 11.3 Å². The maximum absolute atomic E-state index is 13.3. The molecular weight excluding hydrogens is 261 g/mol. The minimum atomic E-state index is -0.285. The zero-order valence-corrected chi connectivity index (χ0v) is 11.4. The second kappa shape index (κ2) is 4.59. The van der Waals surface area contributed by atoms with E-state index in [1.54, 1.807) is 24.5 Å². The summed E-state index contributed by atoms with van der Waals surface area (Å²) in [6.45, 7) is 2.03. The molecule has 0 aliphatic rings. The fourth-order valence-electron chi connectivity index (χ4n) is 1.99. The normalized spacial score (nSPS) is 10.9. The predicted molar refractivity (Wildman–Crippen MR) is 77.1 cm³/mol. The average Bonchev–Trinajstić information content (AvgIpc) is 2.84. The maximum atomic E-state index is 13.3. The lowest BCUT2D eigenvalue weighted by atomic mass is 10.2. The molecular formula is C14H12FN3S. The number of nitrogens with one attached hydrogen (secondary N) is 1. The number of anilines is 1. The summed E-state index contributed by atoms with van der Waals surface area (Å²) in [6.07, 6.45) is 0. The SMILES string of the molecule is CNc1nc(-c2sccc2C)nc2ccc(F)cc12. The Morgan fingerprint density at radius 2 is 2.05 bits per heavy atom. The van der Waals surface area contributed by atoms with Gasteiger partial charge in [0.05, 0.1) is 10.4 Å². The summed E-state index contributed by atoms with van der Waals surface area (Å²) in [4.78, 5) is 10.1. The van der Waals surface area contributed by atoms with Crippen LogP contribution in [0.25, 0.3) is 21.6 Å². The molecule has 2 aromatic heterocycles. The van der Waals surface area contributed by atoms with Crippen LogP contribution in [0.3, 0.4) is 0 Å². The summed E-state index contributed by atoms with van der Waals surface area (Å²) < 4.78 is 13.3. The van der Waals surface area contributed by atoms with E-state index in [9.17, 15) is 4.39 Å². The van der Waals surface area contributed by atoms with Gasteiger partial charge in [-0.3, -0.25) is 0 Å². The monoisotopic (exact) mass is 273 g/mol. The van der Waals surface area contributed by atoms with Gasteiger partial charge in [0.25, 0.3) is 0 Å². The van der Waals surface area contributed by atoms with E-state index in [-0.39, 0.29) is 5.82 Å². The summed E-state index contributed by atoms with van der Waals surface area (Å²) in [5, 5.41) is 5.72. The highest BCUT2D eigenvalue weighted by Gasteiger charge is 2.11. The fraction of sp³-hybridized carbons (Fsp3) is 0.143. The highest BCUT2D eigenvalue weighted by atomic mass is 32.1. The number of hydrogen-bond acceptors (Lipinski definition) is 4. The number of thiophene rings is 1. The molecule has 1 N–H and O–H groups in total. The molecule has 0 bridgehead atoms. The largest absolute Gasteiger partial charge is 0.373 e. The first-order valence-electron chi connectivity index (χ1n) is 5.88. The molecule has 0 unspecified atom stereocenters. The number of hydrogen-bond donors (Lipinski definition) is 1. The Labute approximate surface area is 114 Å². The van der Waals surface area contributed by atoms with Gasteiger partial charge in [-0.15, -0.1) is 11.3 Å². The Balaban J connectivity index is 2.29.